The van der Waals surface area contributed by atoms with Crippen molar-refractivity contribution < 1.29 is 0 Å². The highest BCUT2D eigenvalue weighted by atomic mass is 32.2. The van der Waals surface area contributed by atoms with E-state index in [1.54, 1.807) is 18.1 Å². The molecule has 0 aromatic carbocycles. The average Bonchev–Trinajstić information content (AvgIpc) is 2.62. The Bertz CT molecular complexity index is 329. The van der Waals surface area contributed by atoms with Crippen LogP contribution in [0.5, 0.6) is 0 Å². The van der Waals surface area contributed by atoms with Gasteiger partial charge >= 0.3 is 0 Å². The molecule has 0 radical (unpaired) electrons. The lowest BCUT2D eigenvalue weighted by Gasteiger charge is -2.31. The van der Waals surface area contributed by atoms with Gasteiger partial charge in [-0.25, -0.2) is 0 Å². The van der Waals surface area contributed by atoms with E-state index in [0.717, 1.165) is 17.5 Å². The number of aryl methyl sites for hydroxylation is 1. The molecule has 0 bridgehead atoms. The molecule has 0 amide bonds. The first-order valence-corrected chi connectivity index (χ1v) is 7.14. The molecule has 0 saturated heterocycles. The fourth-order valence-corrected chi connectivity index (χ4v) is 2.78. The van der Waals surface area contributed by atoms with E-state index in [9.17, 15) is 0 Å². The highest BCUT2D eigenvalue weighted by Crippen LogP contribution is 2.25. The lowest BCUT2D eigenvalue weighted by Crippen LogP contribution is -2.42. The molecule has 1 N–H and O–H groups in total. The molecule has 5 heteroatoms. The predicted octanol–water partition coefficient (Wildman–Crippen LogP) is 2.32. The van der Waals surface area contributed by atoms with Gasteiger partial charge in [-0.1, -0.05) is 39.5 Å². The standard InChI is InChI=1S/C12H24N4S/c1-6-7-13-10(12(2,3)4)8-17-11-15-14-9-16(11)5/h9-10,13H,6-8H2,1-5H3. The van der Waals surface area contributed by atoms with Crippen molar-refractivity contribution in [1.29, 1.82) is 0 Å². The molecule has 0 spiro atoms. The molecule has 1 rings (SSSR count). The van der Waals surface area contributed by atoms with Gasteiger partial charge in [0.2, 0.25) is 0 Å². The van der Waals surface area contributed by atoms with E-state index in [1.807, 2.05) is 11.6 Å². The number of hydrogen-bond donors (Lipinski definition) is 1. The zero-order chi connectivity index (χ0) is 12.9. The fraction of sp³-hybridized carbons (Fsp3) is 0.833. The van der Waals surface area contributed by atoms with Gasteiger partial charge in [-0.2, -0.15) is 0 Å². The highest BCUT2D eigenvalue weighted by molar-refractivity contribution is 7.99. The second-order valence-corrected chi connectivity index (χ2v) is 6.40. The summed E-state index contributed by atoms with van der Waals surface area (Å²) in [5.41, 5.74) is 0.265. The molecule has 0 saturated carbocycles. The molecule has 0 aliphatic rings. The Labute approximate surface area is 109 Å². The Morgan fingerprint density at radius 2 is 2.18 bits per heavy atom. The van der Waals surface area contributed by atoms with E-state index in [2.05, 4.69) is 43.2 Å². The smallest absolute Gasteiger partial charge is 0.190 e. The number of aromatic nitrogens is 3. The number of thioether (sulfide) groups is 1. The third-order valence-electron chi connectivity index (χ3n) is 2.74. The summed E-state index contributed by atoms with van der Waals surface area (Å²) < 4.78 is 1.96. The van der Waals surface area contributed by atoms with E-state index in [1.165, 1.54) is 6.42 Å². The monoisotopic (exact) mass is 256 g/mol. The zero-order valence-electron chi connectivity index (χ0n) is 11.5. The highest BCUT2D eigenvalue weighted by Gasteiger charge is 2.24. The molecule has 1 heterocycles. The molecule has 1 atom stereocenters. The summed E-state index contributed by atoms with van der Waals surface area (Å²) >= 11 is 1.77. The van der Waals surface area contributed by atoms with E-state index in [4.69, 9.17) is 0 Å². The second kappa shape index (κ2) is 6.40. The molecular formula is C12H24N4S. The summed E-state index contributed by atoms with van der Waals surface area (Å²) in [6.07, 6.45) is 2.91. The van der Waals surface area contributed by atoms with Crippen LogP contribution in [0.25, 0.3) is 0 Å². The minimum Gasteiger partial charge on any atom is -0.313 e. The number of nitrogens with one attached hydrogen (secondary N) is 1. The third-order valence-corrected chi connectivity index (χ3v) is 3.86. The summed E-state index contributed by atoms with van der Waals surface area (Å²) in [6, 6.07) is 0.490. The fourth-order valence-electron chi connectivity index (χ4n) is 1.49. The molecule has 98 valence electrons. The van der Waals surface area contributed by atoms with Gasteiger partial charge in [-0.3, -0.25) is 0 Å². The first-order chi connectivity index (χ1) is 7.95. The van der Waals surface area contributed by atoms with Gasteiger partial charge in [-0.15, -0.1) is 10.2 Å². The minimum absolute atomic E-state index is 0.265. The van der Waals surface area contributed by atoms with Crippen LogP contribution in [0.15, 0.2) is 11.5 Å². The van der Waals surface area contributed by atoms with Gasteiger partial charge in [0.1, 0.15) is 6.33 Å². The van der Waals surface area contributed by atoms with Crippen molar-refractivity contribution in [3.63, 3.8) is 0 Å². The van der Waals surface area contributed by atoms with E-state index >= 15 is 0 Å². The topological polar surface area (TPSA) is 42.7 Å². The van der Waals surface area contributed by atoms with Crippen LogP contribution >= 0.6 is 11.8 Å². The summed E-state index contributed by atoms with van der Waals surface area (Å²) in [4.78, 5) is 0. The van der Waals surface area contributed by atoms with Crippen molar-refractivity contribution in [3.8, 4) is 0 Å². The van der Waals surface area contributed by atoms with Crippen LogP contribution in [-0.4, -0.2) is 33.1 Å². The van der Waals surface area contributed by atoms with Crippen molar-refractivity contribution in [2.24, 2.45) is 12.5 Å². The van der Waals surface area contributed by atoms with E-state index < -0.39 is 0 Å². The van der Waals surface area contributed by atoms with Crippen LogP contribution in [0, 0.1) is 5.41 Å². The van der Waals surface area contributed by atoms with Gasteiger partial charge in [0.25, 0.3) is 0 Å². The van der Waals surface area contributed by atoms with E-state index in [0.29, 0.717) is 6.04 Å². The quantitative estimate of drug-likeness (QED) is 0.793. The van der Waals surface area contributed by atoms with Crippen molar-refractivity contribution >= 4 is 11.8 Å². The van der Waals surface area contributed by atoms with Crippen molar-refractivity contribution in [3.05, 3.63) is 6.33 Å². The van der Waals surface area contributed by atoms with Crippen LogP contribution in [0.1, 0.15) is 34.1 Å². The van der Waals surface area contributed by atoms with Crippen LogP contribution in [0.3, 0.4) is 0 Å². The molecule has 1 unspecified atom stereocenters. The number of rotatable bonds is 6. The maximum absolute atomic E-state index is 4.10. The Morgan fingerprint density at radius 3 is 2.65 bits per heavy atom. The summed E-state index contributed by atoms with van der Waals surface area (Å²) in [5.74, 6) is 1.02. The molecule has 1 aromatic heterocycles. The second-order valence-electron chi connectivity index (χ2n) is 5.41. The molecule has 1 aromatic rings. The lowest BCUT2D eigenvalue weighted by molar-refractivity contribution is 0.291. The molecule has 0 fully saturated rings. The maximum atomic E-state index is 4.10. The summed E-state index contributed by atoms with van der Waals surface area (Å²) in [5, 5.41) is 12.6. The van der Waals surface area contributed by atoms with Gasteiger partial charge in [0.15, 0.2) is 5.16 Å². The number of nitrogens with zero attached hydrogens (tertiary/aromatic N) is 3. The first-order valence-electron chi connectivity index (χ1n) is 6.15. The van der Waals surface area contributed by atoms with Gasteiger partial charge < -0.3 is 9.88 Å². The largest absolute Gasteiger partial charge is 0.313 e. The maximum Gasteiger partial charge on any atom is 0.190 e. The van der Waals surface area contributed by atoms with Crippen molar-refractivity contribution in [2.75, 3.05) is 12.3 Å². The first kappa shape index (κ1) is 14.5. The average molecular weight is 256 g/mol. The van der Waals surface area contributed by atoms with Crippen molar-refractivity contribution in [1.82, 2.24) is 20.1 Å². The Morgan fingerprint density at radius 1 is 1.47 bits per heavy atom. The third kappa shape index (κ3) is 4.68. The van der Waals surface area contributed by atoms with Gasteiger partial charge in [0.05, 0.1) is 0 Å². The van der Waals surface area contributed by atoms with Crippen LogP contribution in [0.4, 0.5) is 0 Å². The molecule has 4 nitrogen and oxygen atoms in total. The molecule has 0 aliphatic carbocycles. The van der Waals surface area contributed by atoms with Crippen molar-refractivity contribution in [2.45, 2.75) is 45.3 Å². The molecule has 0 aliphatic heterocycles. The Kier molecular flexibility index (Phi) is 5.46. The normalized spacial score (nSPS) is 13.9. The van der Waals surface area contributed by atoms with Crippen LogP contribution < -0.4 is 5.32 Å². The zero-order valence-corrected chi connectivity index (χ0v) is 12.3. The Balaban J connectivity index is 2.52. The Hall–Kier alpha value is -0.550. The van der Waals surface area contributed by atoms with Gasteiger partial charge in [-0.05, 0) is 18.4 Å². The van der Waals surface area contributed by atoms with Crippen LogP contribution in [-0.2, 0) is 7.05 Å². The SMILES string of the molecule is CCCNC(CSc1nncn1C)C(C)(C)C. The van der Waals surface area contributed by atoms with E-state index in [-0.39, 0.29) is 5.41 Å². The minimum atomic E-state index is 0.265. The summed E-state index contributed by atoms with van der Waals surface area (Å²) in [7, 11) is 1.98. The number of hydrogen-bond acceptors (Lipinski definition) is 4. The predicted molar refractivity (Wildman–Crippen MR) is 73.3 cm³/mol. The van der Waals surface area contributed by atoms with Gasteiger partial charge in [0, 0.05) is 18.8 Å². The molecule has 17 heavy (non-hydrogen) atoms. The lowest BCUT2D eigenvalue weighted by atomic mass is 9.88. The van der Waals surface area contributed by atoms with Crippen LogP contribution in [0.2, 0.25) is 0 Å². The summed E-state index contributed by atoms with van der Waals surface area (Å²) in [6.45, 7) is 10.1. The molecular weight excluding hydrogens is 232 g/mol.